The van der Waals surface area contributed by atoms with Crippen LogP contribution >= 0.6 is 0 Å². The first kappa shape index (κ1) is 21.2. The van der Waals surface area contributed by atoms with Gasteiger partial charge in [-0.15, -0.1) is 0 Å². The maximum absolute atomic E-state index is 12.7. The van der Waals surface area contributed by atoms with Crippen LogP contribution < -0.4 is 5.32 Å². The number of nitro groups is 1. The Labute approximate surface area is 175 Å². The summed E-state index contributed by atoms with van der Waals surface area (Å²) in [6.07, 6.45) is 0. The van der Waals surface area contributed by atoms with Crippen molar-refractivity contribution >= 4 is 17.4 Å². The van der Waals surface area contributed by atoms with Crippen LogP contribution in [0.3, 0.4) is 0 Å². The van der Waals surface area contributed by atoms with Crippen molar-refractivity contribution in [3.05, 3.63) is 81.5 Å². The Hall–Kier alpha value is -3.52. The number of hydrogen-bond donors (Lipinski definition) is 1. The fourth-order valence-electron chi connectivity index (χ4n) is 3.16. The molecule has 156 valence electrons. The van der Waals surface area contributed by atoms with Gasteiger partial charge < -0.3 is 5.32 Å². The largest absolute Gasteiger partial charge is 0.306 e. The highest BCUT2D eigenvalue weighted by Crippen LogP contribution is 2.21. The van der Waals surface area contributed by atoms with Crippen LogP contribution in [0.15, 0.2) is 54.6 Å². The number of aromatic nitrogens is 2. The van der Waals surface area contributed by atoms with Crippen LogP contribution in [0.4, 0.5) is 11.5 Å². The van der Waals surface area contributed by atoms with Crippen LogP contribution in [-0.2, 0) is 6.54 Å². The number of rotatable bonds is 8. The van der Waals surface area contributed by atoms with Gasteiger partial charge in [-0.25, -0.2) is 4.68 Å². The third kappa shape index (κ3) is 4.90. The highest BCUT2D eigenvalue weighted by atomic mass is 16.6. The zero-order valence-corrected chi connectivity index (χ0v) is 17.3. The molecule has 1 heterocycles. The molecule has 0 aliphatic rings. The Bertz CT molecular complexity index is 1020. The number of nitro benzene ring substituents is 1. The molecular formula is C22H25N5O3. The van der Waals surface area contributed by atoms with Gasteiger partial charge in [0.05, 0.1) is 16.3 Å². The van der Waals surface area contributed by atoms with Gasteiger partial charge in [-0.3, -0.25) is 19.8 Å². The SMILES string of the molecule is CCN(CC)Cc1ccc(C(=O)Nc2cc(C)nn2-c2ccc([N+](=O)[O-])cc2)cc1. The maximum atomic E-state index is 12.7. The summed E-state index contributed by atoms with van der Waals surface area (Å²) in [6, 6.07) is 15.3. The van der Waals surface area contributed by atoms with Gasteiger partial charge in [-0.1, -0.05) is 26.0 Å². The highest BCUT2D eigenvalue weighted by molar-refractivity contribution is 6.04. The monoisotopic (exact) mass is 407 g/mol. The molecule has 3 rings (SSSR count). The lowest BCUT2D eigenvalue weighted by molar-refractivity contribution is -0.384. The fourth-order valence-corrected chi connectivity index (χ4v) is 3.16. The van der Waals surface area contributed by atoms with E-state index in [4.69, 9.17) is 0 Å². The standard InChI is InChI=1S/C22H25N5O3/c1-4-25(5-2)15-17-6-8-18(9-7-17)22(28)23-21-14-16(3)24-26(21)19-10-12-20(13-11-19)27(29)30/h6-14H,4-5,15H2,1-3H3,(H,23,28). The van der Waals surface area contributed by atoms with Gasteiger partial charge >= 0.3 is 0 Å². The quantitative estimate of drug-likeness (QED) is 0.447. The summed E-state index contributed by atoms with van der Waals surface area (Å²) in [4.78, 5) is 25.5. The number of benzene rings is 2. The van der Waals surface area contributed by atoms with E-state index in [0.29, 0.717) is 17.1 Å². The number of carbonyl (C=O) groups is 1. The van der Waals surface area contributed by atoms with Gasteiger partial charge in [0.1, 0.15) is 5.82 Å². The average Bonchev–Trinajstić information content (AvgIpc) is 3.12. The molecule has 0 radical (unpaired) electrons. The van der Waals surface area contributed by atoms with Crippen molar-refractivity contribution in [2.45, 2.75) is 27.3 Å². The molecule has 3 aromatic rings. The molecule has 0 saturated carbocycles. The van der Waals surface area contributed by atoms with E-state index in [0.717, 1.165) is 30.9 Å². The van der Waals surface area contributed by atoms with Crippen molar-refractivity contribution in [1.29, 1.82) is 0 Å². The summed E-state index contributed by atoms with van der Waals surface area (Å²) in [5.74, 6) is 0.256. The molecule has 0 bridgehead atoms. The summed E-state index contributed by atoms with van der Waals surface area (Å²) in [5.41, 5.74) is 3.05. The normalized spacial score (nSPS) is 10.9. The summed E-state index contributed by atoms with van der Waals surface area (Å²) in [7, 11) is 0. The molecule has 0 unspecified atom stereocenters. The first-order valence-electron chi connectivity index (χ1n) is 9.85. The second kappa shape index (κ2) is 9.32. The molecule has 0 fully saturated rings. The van der Waals surface area contributed by atoms with Gasteiger partial charge in [0, 0.05) is 30.3 Å². The number of hydrogen-bond acceptors (Lipinski definition) is 5. The van der Waals surface area contributed by atoms with Crippen LogP contribution in [0.1, 0.15) is 35.5 Å². The van der Waals surface area contributed by atoms with Gasteiger partial charge in [0.25, 0.3) is 11.6 Å². The minimum atomic E-state index is -0.454. The van der Waals surface area contributed by atoms with Crippen LogP contribution in [-0.4, -0.2) is 38.6 Å². The molecule has 1 N–H and O–H groups in total. The maximum Gasteiger partial charge on any atom is 0.269 e. The minimum absolute atomic E-state index is 0.00184. The number of nitrogens with one attached hydrogen (secondary N) is 1. The lowest BCUT2D eigenvalue weighted by Crippen LogP contribution is -2.22. The van der Waals surface area contributed by atoms with E-state index in [-0.39, 0.29) is 11.6 Å². The van der Waals surface area contributed by atoms with Gasteiger partial charge in [0.2, 0.25) is 0 Å². The van der Waals surface area contributed by atoms with Crippen LogP contribution in [0, 0.1) is 17.0 Å². The predicted molar refractivity (Wildman–Crippen MR) is 116 cm³/mol. The van der Waals surface area contributed by atoms with Crippen molar-refractivity contribution in [3.63, 3.8) is 0 Å². The van der Waals surface area contributed by atoms with Gasteiger partial charge in [-0.2, -0.15) is 5.10 Å². The number of nitrogens with zero attached hydrogens (tertiary/aromatic N) is 4. The molecule has 0 saturated heterocycles. The third-order valence-corrected chi connectivity index (χ3v) is 4.89. The molecule has 0 spiro atoms. The fraction of sp³-hybridized carbons (Fsp3) is 0.273. The van der Waals surface area contributed by atoms with E-state index in [1.807, 2.05) is 31.2 Å². The van der Waals surface area contributed by atoms with E-state index in [2.05, 4.69) is 29.2 Å². The Morgan fingerprint density at radius 3 is 2.30 bits per heavy atom. The van der Waals surface area contributed by atoms with E-state index in [9.17, 15) is 14.9 Å². The average molecular weight is 407 g/mol. The molecule has 8 nitrogen and oxygen atoms in total. The van der Waals surface area contributed by atoms with Crippen LogP contribution in [0.5, 0.6) is 0 Å². The summed E-state index contributed by atoms with van der Waals surface area (Å²) in [6.45, 7) is 8.87. The Morgan fingerprint density at radius 2 is 1.73 bits per heavy atom. The number of aryl methyl sites for hydroxylation is 1. The summed E-state index contributed by atoms with van der Waals surface area (Å²) < 4.78 is 1.56. The molecule has 30 heavy (non-hydrogen) atoms. The second-order valence-corrected chi connectivity index (χ2v) is 6.97. The molecule has 1 aromatic heterocycles. The minimum Gasteiger partial charge on any atom is -0.306 e. The highest BCUT2D eigenvalue weighted by Gasteiger charge is 2.14. The van der Waals surface area contributed by atoms with E-state index in [1.54, 1.807) is 22.9 Å². The molecule has 8 heteroatoms. The van der Waals surface area contributed by atoms with Crippen molar-refractivity contribution in [1.82, 2.24) is 14.7 Å². The zero-order chi connectivity index (χ0) is 21.7. The summed E-state index contributed by atoms with van der Waals surface area (Å²) >= 11 is 0. The molecule has 0 atom stereocenters. The first-order valence-corrected chi connectivity index (χ1v) is 9.85. The Kier molecular flexibility index (Phi) is 6.58. The van der Waals surface area contributed by atoms with Crippen molar-refractivity contribution in [2.24, 2.45) is 0 Å². The number of carbonyl (C=O) groups excluding carboxylic acids is 1. The zero-order valence-electron chi connectivity index (χ0n) is 17.3. The van der Waals surface area contributed by atoms with E-state index in [1.165, 1.54) is 12.1 Å². The first-order chi connectivity index (χ1) is 14.4. The number of anilines is 1. The lowest BCUT2D eigenvalue weighted by atomic mass is 10.1. The predicted octanol–water partition coefficient (Wildman–Crippen LogP) is 4.18. The molecule has 1 amide bonds. The molecular weight excluding hydrogens is 382 g/mol. The topological polar surface area (TPSA) is 93.3 Å². The third-order valence-electron chi connectivity index (χ3n) is 4.89. The van der Waals surface area contributed by atoms with Crippen LogP contribution in [0.2, 0.25) is 0 Å². The van der Waals surface area contributed by atoms with Gasteiger partial charge in [0.15, 0.2) is 0 Å². The Balaban J connectivity index is 1.76. The lowest BCUT2D eigenvalue weighted by Gasteiger charge is -2.18. The number of amides is 1. The molecule has 0 aliphatic carbocycles. The smallest absolute Gasteiger partial charge is 0.269 e. The molecule has 2 aromatic carbocycles. The summed E-state index contributed by atoms with van der Waals surface area (Å²) in [5, 5.41) is 18.1. The van der Waals surface area contributed by atoms with Crippen molar-refractivity contribution in [2.75, 3.05) is 18.4 Å². The Morgan fingerprint density at radius 1 is 1.10 bits per heavy atom. The van der Waals surface area contributed by atoms with E-state index >= 15 is 0 Å². The molecule has 0 aliphatic heterocycles. The van der Waals surface area contributed by atoms with Crippen molar-refractivity contribution < 1.29 is 9.72 Å². The van der Waals surface area contributed by atoms with Gasteiger partial charge in [-0.05, 0) is 49.8 Å². The van der Waals surface area contributed by atoms with E-state index < -0.39 is 4.92 Å². The van der Waals surface area contributed by atoms with Crippen LogP contribution in [0.25, 0.3) is 5.69 Å². The second-order valence-electron chi connectivity index (χ2n) is 6.97. The number of non-ortho nitro benzene ring substituents is 1. The van der Waals surface area contributed by atoms with Crippen molar-refractivity contribution in [3.8, 4) is 5.69 Å².